The van der Waals surface area contributed by atoms with Crippen LogP contribution in [0.15, 0.2) is 60.0 Å². The minimum Gasteiger partial charge on any atom is -0.497 e. The summed E-state index contributed by atoms with van der Waals surface area (Å²) in [6.07, 6.45) is 0. The lowest BCUT2D eigenvalue weighted by Crippen LogP contribution is -2.48. The lowest BCUT2D eigenvalue weighted by atomic mass is 10.2. The molecule has 2 heterocycles. The lowest BCUT2D eigenvalue weighted by molar-refractivity contribution is 0.180. The number of rotatable bonds is 7. The molecule has 1 fully saturated rings. The minimum atomic E-state index is -3.29. The molecule has 0 radical (unpaired) electrons. The fraction of sp³-hybridized carbons (Fsp3) is 0.318. The largest absolute Gasteiger partial charge is 0.497 e. The van der Waals surface area contributed by atoms with Gasteiger partial charge in [0.1, 0.15) is 10.8 Å². The highest BCUT2D eigenvalue weighted by atomic mass is 32.2. The van der Waals surface area contributed by atoms with Gasteiger partial charge in [-0.3, -0.25) is 4.90 Å². The van der Waals surface area contributed by atoms with Crippen LogP contribution in [0.1, 0.15) is 11.3 Å². The molecule has 1 saturated heterocycles. The van der Waals surface area contributed by atoms with Crippen molar-refractivity contribution in [3.63, 3.8) is 0 Å². The molecular weight excluding hydrogens is 418 g/mol. The zero-order valence-electron chi connectivity index (χ0n) is 16.9. The third-order valence-electron chi connectivity index (χ3n) is 5.17. The number of aromatic nitrogens is 1. The number of nitrogens with zero attached hydrogens (tertiary/aromatic N) is 3. The van der Waals surface area contributed by atoms with Crippen LogP contribution >= 0.6 is 11.3 Å². The topological polar surface area (TPSA) is 62.7 Å². The molecule has 30 heavy (non-hydrogen) atoms. The standard InChI is InChI=1S/C22H25N3O3S2/c1-28-21-9-5-8-19(14-21)22-23-20(16-29-22)15-24-10-12-25(13-11-24)30(26,27)17-18-6-3-2-4-7-18/h2-9,14,16H,10-13,15,17H2,1H3. The first-order valence-electron chi connectivity index (χ1n) is 9.86. The van der Waals surface area contributed by atoms with Crippen molar-refractivity contribution in [3.05, 3.63) is 71.2 Å². The fourth-order valence-electron chi connectivity index (χ4n) is 3.54. The number of hydrogen-bond acceptors (Lipinski definition) is 6. The number of thiazole rings is 1. The number of piperazine rings is 1. The van der Waals surface area contributed by atoms with E-state index >= 15 is 0 Å². The first-order chi connectivity index (χ1) is 14.5. The molecule has 0 spiro atoms. The van der Waals surface area contributed by atoms with Crippen LogP contribution in [-0.2, 0) is 22.3 Å². The van der Waals surface area contributed by atoms with E-state index in [-0.39, 0.29) is 5.75 Å². The van der Waals surface area contributed by atoms with Crippen molar-refractivity contribution in [2.45, 2.75) is 12.3 Å². The summed E-state index contributed by atoms with van der Waals surface area (Å²) < 4.78 is 32.3. The Morgan fingerprint density at radius 2 is 1.80 bits per heavy atom. The maximum Gasteiger partial charge on any atom is 0.218 e. The molecule has 0 N–H and O–H groups in total. The van der Waals surface area contributed by atoms with Gasteiger partial charge in [-0.2, -0.15) is 4.31 Å². The highest BCUT2D eigenvalue weighted by Gasteiger charge is 2.27. The third-order valence-corrected chi connectivity index (χ3v) is 7.96. The number of hydrogen-bond donors (Lipinski definition) is 0. The van der Waals surface area contributed by atoms with Gasteiger partial charge in [0, 0.05) is 43.7 Å². The Morgan fingerprint density at radius 3 is 2.53 bits per heavy atom. The van der Waals surface area contributed by atoms with Gasteiger partial charge in [-0.1, -0.05) is 42.5 Å². The number of ether oxygens (including phenoxy) is 1. The molecule has 2 aromatic carbocycles. The van der Waals surface area contributed by atoms with Gasteiger partial charge in [0.05, 0.1) is 18.6 Å². The smallest absolute Gasteiger partial charge is 0.218 e. The van der Waals surface area contributed by atoms with Crippen LogP contribution in [0.2, 0.25) is 0 Å². The maximum atomic E-state index is 12.7. The maximum absolute atomic E-state index is 12.7. The van der Waals surface area contributed by atoms with E-state index in [0.717, 1.165) is 34.1 Å². The summed E-state index contributed by atoms with van der Waals surface area (Å²) in [6, 6.07) is 17.2. The minimum absolute atomic E-state index is 0.0593. The van der Waals surface area contributed by atoms with Gasteiger partial charge in [-0.25, -0.2) is 13.4 Å². The van der Waals surface area contributed by atoms with Gasteiger partial charge in [0.25, 0.3) is 0 Å². The average Bonchev–Trinajstić information content (AvgIpc) is 3.23. The number of sulfonamides is 1. The Hall–Kier alpha value is -2.26. The average molecular weight is 444 g/mol. The van der Waals surface area contributed by atoms with Crippen molar-refractivity contribution in [1.82, 2.24) is 14.2 Å². The lowest BCUT2D eigenvalue weighted by Gasteiger charge is -2.33. The quantitative estimate of drug-likeness (QED) is 0.560. The van der Waals surface area contributed by atoms with Crippen molar-refractivity contribution in [2.24, 2.45) is 0 Å². The molecule has 1 aliphatic heterocycles. The molecule has 158 valence electrons. The van der Waals surface area contributed by atoms with E-state index in [9.17, 15) is 8.42 Å². The van der Waals surface area contributed by atoms with Crippen molar-refractivity contribution in [1.29, 1.82) is 0 Å². The highest BCUT2D eigenvalue weighted by Crippen LogP contribution is 2.27. The van der Waals surface area contributed by atoms with Gasteiger partial charge in [-0.05, 0) is 17.7 Å². The zero-order valence-corrected chi connectivity index (χ0v) is 18.5. The van der Waals surface area contributed by atoms with Crippen LogP contribution in [0.25, 0.3) is 10.6 Å². The Bertz CT molecular complexity index is 1080. The summed E-state index contributed by atoms with van der Waals surface area (Å²) in [5, 5.41) is 3.04. The van der Waals surface area contributed by atoms with E-state index in [1.54, 1.807) is 22.8 Å². The van der Waals surface area contributed by atoms with E-state index in [0.29, 0.717) is 26.2 Å². The third kappa shape index (κ3) is 5.07. The molecular formula is C22H25N3O3S2. The van der Waals surface area contributed by atoms with E-state index < -0.39 is 10.0 Å². The normalized spacial score (nSPS) is 15.9. The molecule has 0 unspecified atom stereocenters. The van der Waals surface area contributed by atoms with E-state index in [1.165, 1.54) is 0 Å². The second-order valence-electron chi connectivity index (χ2n) is 7.29. The van der Waals surface area contributed by atoms with E-state index in [1.807, 2.05) is 54.6 Å². The van der Waals surface area contributed by atoms with Crippen LogP contribution in [0.3, 0.4) is 0 Å². The van der Waals surface area contributed by atoms with E-state index in [4.69, 9.17) is 9.72 Å². The molecule has 0 saturated carbocycles. The molecule has 6 nitrogen and oxygen atoms in total. The van der Waals surface area contributed by atoms with Gasteiger partial charge < -0.3 is 4.74 Å². The fourth-order valence-corrected chi connectivity index (χ4v) is 5.86. The summed E-state index contributed by atoms with van der Waals surface area (Å²) in [5.74, 6) is 0.876. The second-order valence-corrected chi connectivity index (χ2v) is 10.1. The highest BCUT2D eigenvalue weighted by molar-refractivity contribution is 7.88. The monoisotopic (exact) mass is 443 g/mol. The molecule has 3 aromatic rings. The van der Waals surface area contributed by atoms with Crippen LogP contribution in [0, 0.1) is 0 Å². The Balaban J connectivity index is 1.33. The molecule has 8 heteroatoms. The number of methoxy groups -OCH3 is 1. The predicted molar refractivity (Wildman–Crippen MR) is 120 cm³/mol. The van der Waals surface area contributed by atoms with E-state index in [2.05, 4.69) is 10.3 Å². The molecule has 0 atom stereocenters. The van der Waals surface area contributed by atoms with Gasteiger partial charge >= 0.3 is 0 Å². The van der Waals surface area contributed by atoms with Crippen molar-refractivity contribution >= 4 is 21.4 Å². The SMILES string of the molecule is COc1cccc(-c2nc(CN3CCN(S(=O)(=O)Cc4ccccc4)CC3)cs2)c1. The van der Waals surface area contributed by atoms with Crippen LogP contribution in [0.5, 0.6) is 5.75 Å². The zero-order chi connectivity index (χ0) is 21.0. The molecule has 1 aromatic heterocycles. The summed E-state index contributed by atoms with van der Waals surface area (Å²) >= 11 is 1.62. The Kier molecular flexibility index (Phi) is 6.48. The number of benzene rings is 2. The molecule has 4 rings (SSSR count). The van der Waals surface area contributed by atoms with Crippen molar-refractivity contribution in [2.75, 3.05) is 33.3 Å². The van der Waals surface area contributed by atoms with Gasteiger partial charge in [-0.15, -0.1) is 11.3 Å². The van der Waals surface area contributed by atoms with Crippen molar-refractivity contribution < 1.29 is 13.2 Å². The van der Waals surface area contributed by atoms with Gasteiger partial charge in [0.15, 0.2) is 0 Å². The second kappa shape index (κ2) is 9.26. The van der Waals surface area contributed by atoms with Crippen LogP contribution in [-0.4, -0.2) is 55.9 Å². The molecule has 0 bridgehead atoms. The van der Waals surface area contributed by atoms with Crippen LogP contribution < -0.4 is 4.74 Å². The first-order valence-corrected chi connectivity index (χ1v) is 12.4. The summed E-state index contributed by atoms with van der Waals surface area (Å²) in [4.78, 5) is 7.03. The molecule has 0 aliphatic carbocycles. The predicted octanol–water partition coefficient (Wildman–Crippen LogP) is 3.47. The Morgan fingerprint density at radius 1 is 1.03 bits per heavy atom. The summed E-state index contributed by atoms with van der Waals surface area (Å²) in [7, 11) is -1.63. The first kappa shape index (κ1) is 21.0. The van der Waals surface area contributed by atoms with Gasteiger partial charge in [0.2, 0.25) is 10.0 Å². The summed E-state index contributed by atoms with van der Waals surface area (Å²) in [5.41, 5.74) is 2.88. The van der Waals surface area contributed by atoms with Crippen LogP contribution in [0.4, 0.5) is 0 Å². The molecule has 0 amide bonds. The Labute approximate surface area is 181 Å². The molecule has 1 aliphatic rings. The summed E-state index contributed by atoms with van der Waals surface area (Å²) in [6.45, 7) is 3.18. The van der Waals surface area contributed by atoms with Crippen molar-refractivity contribution in [3.8, 4) is 16.3 Å².